The molecule has 2 aliphatic rings. The van der Waals surface area contributed by atoms with Crippen LogP contribution in [-0.4, -0.2) is 64.7 Å². The molecule has 0 aromatic carbocycles. The molecule has 10 heteroatoms. The first-order valence-corrected chi connectivity index (χ1v) is 10.9. The van der Waals surface area contributed by atoms with E-state index in [1.165, 1.54) is 23.4 Å². The van der Waals surface area contributed by atoms with E-state index in [0.29, 0.717) is 0 Å². The minimum atomic E-state index is -1.27. The lowest BCUT2D eigenvalue weighted by Crippen LogP contribution is -2.51. The molecule has 2 fully saturated rings. The number of nitrogens with zero attached hydrogens (tertiary/aromatic N) is 2. The number of likely N-dealkylation sites (tertiary alicyclic amines) is 1. The molecule has 174 valence electrons. The lowest BCUT2D eigenvalue weighted by Gasteiger charge is -2.36. The number of halogens is 1. The van der Waals surface area contributed by atoms with Gasteiger partial charge in [0, 0.05) is 24.2 Å². The van der Waals surface area contributed by atoms with Crippen molar-refractivity contribution in [1.82, 2.24) is 15.2 Å². The Balaban J connectivity index is 1.64. The summed E-state index contributed by atoms with van der Waals surface area (Å²) in [6.45, 7) is 3.96. The number of hydrogen-bond donors (Lipinski definition) is 4. The number of primary amides is 1. The molecule has 2 heterocycles. The van der Waals surface area contributed by atoms with Crippen LogP contribution in [0.1, 0.15) is 51.5 Å². The number of aromatic nitrogens is 1. The van der Waals surface area contributed by atoms with Gasteiger partial charge < -0.3 is 21.3 Å². The molecule has 0 unspecified atom stereocenters. The molecule has 1 aliphatic heterocycles. The van der Waals surface area contributed by atoms with Gasteiger partial charge in [-0.1, -0.05) is 20.3 Å². The second kappa shape index (κ2) is 9.62. The number of nitrogens with two attached hydrogens (primary N) is 1. The van der Waals surface area contributed by atoms with E-state index in [1.54, 1.807) is 0 Å². The lowest BCUT2D eigenvalue weighted by molar-refractivity contribution is -0.137. The van der Waals surface area contributed by atoms with Crippen LogP contribution >= 0.6 is 0 Å². The van der Waals surface area contributed by atoms with Crippen molar-refractivity contribution in [1.29, 1.82) is 5.41 Å². The Morgan fingerprint density at radius 1 is 1.38 bits per heavy atom. The van der Waals surface area contributed by atoms with Crippen LogP contribution in [0.2, 0.25) is 0 Å². The molecule has 0 spiro atoms. The van der Waals surface area contributed by atoms with Crippen molar-refractivity contribution in [2.75, 3.05) is 18.4 Å². The maximum Gasteiger partial charge on any atom is 0.267 e. The first-order chi connectivity index (χ1) is 15.1. The topological polar surface area (TPSA) is 141 Å². The van der Waals surface area contributed by atoms with E-state index in [-0.39, 0.29) is 48.1 Å². The van der Waals surface area contributed by atoms with Crippen molar-refractivity contribution in [2.24, 2.45) is 11.1 Å². The number of carbonyl (C=O) groups excluding carboxylic acids is 3. The molecule has 1 saturated heterocycles. The number of nitrogens with one attached hydrogen (secondary N) is 3. The van der Waals surface area contributed by atoms with Gasteiger partial charge in [-0.3, -0.25) is 24.8 Å². The molecule has 1 saturated carbocycles. The average molecular weight is 447 g/mol. The summed E-state index contributed by atoms with van der Waals surface area (Å²) in [7, 11) is 0. The Labute approximate surface area is 186 Å². The summed E-state index contributed by atoms with van der Waals surface area (Å²) < 4.78 is 14.2. The fourth-order valence-corrected chi connectivity index (χ4v) is 4.59. The molecule has 1 aromatic heterocycles. The SMILES string of the molecule is CC1(C)CCC[C@@H](NC(=O)[C@@H]2C[C@@H](F)CN2C(=O)CNc2cnccc2C(=N)C(N)=O)C1. The third-order valence-corrected chi connectivity index (χ3v) is 6.19. The fourth-order valence-electron chi connectivity index (χ4n) is 4.59. The van der Waals surface area contributed by atoms with Crippen LogP contribution in [0.15, 0.2) is 18.5 Å². The average Bonchev–Trinajstić information content (AvgIpc) is 3.13. The first-order valence-electron chi connectivity index (χ1n) is 10.9. The normalized spacial score (nSPS) is 24.6. The number of anilines is 1. The van der Waals surface area contributed by atoms with E-state index >= 15 is 0 Å². The summed E-state index contributed by atoms with van der Waals surface area (Å²) in [5.41, 5.74) is 5.40. The number of alkyl halides is 1. The summed E-state index contributed by atoms with van der Waals surface area (Å²) in [6.07, 6.45) is 5.34. The largest absolute Gasteiger partial charge is 0.374 e. The predicted molar refractivity (Wildman–Crippen MR) is 118 cm³/mol. The Hall–Kier alpha value is -3.04. The van der Waals surface area contributed by atoms with Crippen molar-refractivity contribution in [3.8, 4) is 0 Å². The minimum Gasteiger partial charge on any atom is -0.374 e. The highest BCUT2D eigenvalue weighted by Crippen LogP contribution is 2.35. The zero-order chi connectivity index (χ0) is 23.5. The summed E-state index contributed by atoms with van der Waals surface area (Å²) in [5.74, 6) is -1.68. The second-order valence-electron chi connectivity index (χ2n) is 9.38. The Morgan fingerprint density at radius 2 is 2.12 bits per heavy atom. The molecule has 0 radical (unpaired) electrons. The van der Waals surface area contributed by atoms with Crippen molar-refractivity contribution >= 4 is 29.1 Å². The standard InChI is InChI=1S/C22H31FN6O3/c1-22(2)6-3-4-14(9-22)28-21(32)17-8-13(23)12-29(17)18(30)11-27-16-10-26-7-5-15(16)19(24)20(25)31/h5,7,10,13-14,17,24,27H,3-4,6,8-9,11-12H2,1-2H3,(H2,25,31)(H,28,32)/t13-,14-,17+/m1/s1. The van der Waals surface area contributed by atoms with E-state index in [4.69, 9.17) is 11.1 Å². The highest BCUT2D eigenvalue weighted by atomic mass is 19.1. The number of amides is 3. The van der Waals surface area contributed by atoms with Gasteiger partial charge in [0.15, 0.2) is 0 Å². The third kappa shape index (κ3) is 5.60. The molecule has 1 aromatic rings. The van der Waals surface area contributed by atoms with Gasteiger partial charge in [-0.2, -0.15) is 0 Å². The number of rotatable bonds is 7. The van der Waals surface area contributed by atoms with E-state index in [1.807, 2.05) is 0 Å². The van der Waals surface area contributed by atoms with Gasteiger partial charge in [0.05, 0.1) is 25.0 Å². The van der Waals surface area contributed by atoms with Gasteiger partial charge in [0.25, 0.3) is 5.91 Å². The second-order valence-corrected chi connectivity index (χ2v) is 9.38. The van der Waals surface area contributed by atoms with Gasteiger partial charge in [0.2, 0.25) is 11.8 Å². The van der Waals surface area contributed by atoms with Gasteiger partial charge in [0.1, 0.15) is 17.9 Å². The summed E-state index contributed by atoms with van der Waals surface area (Å²) in [5, 5.41) is 13.7. The molecule has 3 atom stereocenters. The van der Waals surface area contributed by atoms with Gasteiger partial charge >= 0.3 is 0 Å². The van der Waals surface area contributed by atoms with Crippen LogP contribution in [0.5, 0.6) is 0 Å². The Kier molecular flexibility index (Phi) is 7.10. The van der Waals surface area contributed by atoms with E-state index < -0.39 is 29.7 Å². The Bertz CT molecular complexity index is 905. The zero-order valence-corrected chi connectivity index (χ0v) is 18.5. The molecule has 0 bridgehead atoms. The summed E-state index contributed by atoms with van der Waals surface area (Å²) >= 11 is 0. The molecule has 3 amide bonds. The number of pyridine rings is 1. The van der Waals surface area contributed by atoms with Crippen molar-refractivity contribution in [3.63, 3.8) is 0 Å². The van der Waals surface area contributed by atoms with E-state index in [2.05, 4.69) is 29.5 Å². The Morgan fingerprint density at radius 3 is 2.81 bits per heavy atom. The van der Waals surface area contributed by atoms with Crippen LogP contribution in [0.25, 0.3) is 0 Å². The third-order valence-electron chi connectivity index (χ3n) is 6.19. The predicted octanol–water partition coefficient (Wildman–Crippen LogP) is 1.37. The molecule has 32 heavy (non-hydrogen) atoms. The van der Waals surface area contributed by atoms with Crippen LogP contribution in [0.4, 0.5) is 10.1 Å². The smallest absolute Gasteiger partial charge is 0.267 e. The van der Waals surface area contributed by atoms with Crippen LogP contribution in [0, 0.1) is 10.8 Å². The maximum absolute atomic E-state index is 14.2. The molecular weight excluding hydrogens is 415 g/mol. The van der Waals surface area contributed by atoms with E-state index in [0.717, 1.165) is 25.7 Å². The summed E-state index contributed by atoms with van der Waals surface area (Å²) in [4.78, 5) is 42.3. The minimum absolute atomic E-state index is 0.0257. The molecular formula is C22H31FN6O3. The highest BCUT2D eigenvalue weighted by molar-refractivity contribution is 6.44. The number of carbonyl (C=O) groups is 3. The molecule has 5 N–H and O–H groups in total. The van der Waals surface area contributed by atoms with Crippen LogP contribution in [0.3, 0.4) is 0 Å². The fraction of sp³-hybridized carbons (Fsp3) is 0.591. The van der Waals surface area contributed by atoms with Crippen molar-refractivity contribution in [2.45, 2.75) is 64.2 Å². The maximum atomic E-state index is 14.2. The van der Waals surface area contributed by atoms with Crippen molar-refractivity contribution in [3.05, 3.63) is 24.0 Å². The van der Waals surface area contributed by atoms with Crippen LogP contribution < -0.4 is 16.4 Å². The molecule has 1 aliphatic carbocycles. The lowest BCUT2D eigenvalue weighted by atomic mass is 9.75. The molecule has 3 rings (SSSR count). The van der Waals surface area contributed by atoms with E-state index in [9.17, 15) is 18.8 Å². The van der Waals surface area contributed by atoms with Crippen molar-refractivity contribution < 1.29 is 18.8 Å². The summed E-state index contributed by atoms with van der Waals surface area (Å²) in [6, 6.07) is 0.606. The highest BCUT2D eigenvalue weighted by Gasteiger charge is 2.41. The quantitative estimate of drug-likeness (QED) is 0.468. The number of hydrogen-bond acceptors (Lipinski definition) is 6. The van der Waals surface area contributed by atoms with Gasteiger partial charge in [-0.15, -0.1) is 0 Å². The first kappa shape index (κ1) is 23.6. The van der Waals surface area contributed by atoms with Gasteiger partial charge in [-0.05, 0) is 30.7 Å². The molecule has 9 nitrogen and oxygen atoms in total. The monoisotopic (exact) mass is 446 g/mol. The van der Waals surface area contributed by atoms with Gasteiger partial charge in [-0.25, -0.2) is 4.39 Å². The van der Waals surface area contributed by atoms with Crippen LogP contribution in [-0.2, 0) is 14.4 Å². The zero-order valence-electron chi connectivity index (χ0n) is 18.5.